The van der Waals surface area contributed by atoms with E-state index in [1.807, 2.05) is 7.05 Å². The van der Waals surface area contributed by atoms with Crippen molar-refractivity contribution in [2.45, 2.75) is 33.4 Å². The number of nitrogens with one attached hydrogen (secondary N) is 2. The highest BCUT2D eigenvalue weighted by Crippen LogP contribution is 2.07. The average Bonchev–Trinajstić information content (AvgIpc) is 2.63. The van der Waals surface area contributed by atoms with Crippen molar-refractivity contribution in [2.75, 3.05) is 46.3 Å². The maximum atomic E-state index is 4.34. The summed E-state index contributed by atoms with van der Waals surface area (Å²) in [5.41, 5.74) is 2.62. The molecule has 134 valence electrons. The zero-order valence-corrected chi connectivity index (χ0v) is 15.7. The van der Waals surface area contributed by atoms with Crippen molar-refractivity contribution in [2.24, 2.45) is 4.99 Å². The Labute approximate surface area is 147 Å². The summed E-state index contributed by atoms with van der Waals surface area (Å²) in [7, 11) is 1.83. The second-order valence-electron chi connectivity index (χ2n) is 6.55. The molecule has 1 unspecified atom stereocenters. The van der Waals surface area contributed by atoms with Gasteiger partial charge in [-0.1, -0.05) is 31.2 Å². The highest BCUT2D eigenvalue weighted by molar-refractivity contribution is 5.79. The molecule has 0 bridgehead atoms. The van der Waals surface area contributed by atoms with Gasteiger partial charge in [-0.15, -0.1) is 0 Å². The Kier molecular flexibility index (Phi) is 7.53. The first-order chi connectivity index (χ1) is 11.6. The largest absolute Gasteiger partial charge is 0.355 e. The summed E-state index contributed by atoms with van der Waals surface area (Å²) in [4.78, 5) is 9.42. The number of rotatable bonds is 6. The smallest absolute Gasteiger partial charge is 0.191 e. The summed E-state index contributed by atoms with van der Waals surface area (Å²) in [6.45, 7) is 14.2. The van der Waals surface area contributed by atoms with Crippen LogP contribution in [-0.2, 0) is 6.54 Å². The zero-order valence-electron chi connectivity index (χ0n) is 15.7. The van der Waals surface area contributed by atoms with Crippen molar-refractivity contribution in [3.63, 3.8) is 0 Å². The molecular formula is C19H33N5. The molecule has 2 N–H and O–H groups in total. The molecule has 5 heteroatoms. The normalized spacial score (nSPS) is 18.4. The van der Waals surface area contributed by atoms with Crippen LogP contribution in [0.3, 0.4) is 0 Å². The number of likely N-dealkylation sites (N-methyl/N-ethyl adjacent to an activating group) is 1. The van der Waals surface area contributed by atoms with Crippen LogP contribution in [0.25, 0.3) is 0 Å². The van der Waals surface area contributed by atoms with E-state index in [4.69, 9.17) is 0 Å². The van der Waals surface area contributed by atoms with E-state index in [0.717, 1.165) is 38.7 Å². The molecule has 0 spiro atoms. The third-order valence-corrected chi connectivity index (χ3v) is 4.97. The van der Waals surface area contributed by atoms with Crippen molar-refractivity contribution in [3.8, 4) is 0 Å². The lowest BCUT2D eigenvalue weighted by atomic mass is 10.1. The Hall–Kier alpha value is -1.59. The molecule has 24 heavy (non-hydrogen) atoms. The minimum Gasteiger partial charge on any atom is -0.355 e. The molecule has 2 rings (SSSR count). The fourth-order valence-electron chi connectivity index (χ4n) is 3.10. The summed E-state index contributed by atoms with van der Waals surface area (Å²) < 4.78 is 0. The number of guanidine groups is 1. The predicted octanol–water partition coefficient (Wildman–Crippen LogP) is 1.69. The molecule has 0 aromatic heterocycles. The number of benzene rings is 1. The summed E-state index contributed by atoms with van der Waals surface area (Å²) in [6, 6.07) is 8.97. The maximum Gasteiger partial charge on any atom is 0.191 e. The molecule has 0 radical (unpaired) electrons. The van der Waals surface area contributed by atoms with Crippen molar-refractivity contribution in [1.82, 2.24) is 20.4 Å². The lowest BCUT2D eigenvalue weighted by Gasteiger charge is -2.37. The lowest BCUT2D eigenvalue weighted by Crippen LogP contribution is -2.53. The van der Waals surface area contributed by atoms with E-state index in [1.54, 1.807) is 0 Å². The van der Waals surface area contributed by atoms with Gasteiger partial charge >= 0.3 is 0 Å². The molecule has 1 aliphatic rings. The van der Waals surface area contributed by atoms with Gasteiger partial charge in [0.2, 0.25) is 0 Å². The maximum absolute atomic E-state index is 4.34. The van der Waals surface area contributed by atoms with Gasteiger partial charge in [-0.05, 0) is 31.5 Å². The van der Waals surface area contributed by atoms with Crippen LogP contribution in [0.1, 0.15) is 25.0 Å². The highest BCUT2D eigenvalue weighted by Gasteiger charge is 2.20. The molecular weight excluding hydrogens is 298 g/mol. The lowest BCUT2D eigenvalue weighted by molar-refractivity contribution is 0.107. The SMILES string of the molecule is CCN1CCN(C(C)CNC(=NC)NCc2ccccc2C)CC1. The van der Waals surface area contributed by atoms with Crippen LogP contribution in [0, 0.1) is 6.92 Å². The van der Waals surface area contributed by atoms with E-state index < -0.39 is 0 Å². The Morgan fingerprint density at radius 1 is 1.17 bits per heavy atom. The standard InChI is InChI=1S/C19H33N5/c1-5-23-10-12-24(13-11-23)17(3)14-21-19(20-4)22-15-18-9-7-6-8-16(18)2/h6-9,17H,5,10-15H2,1-4H3,(H2,20,21,22). The minimum absolute atomic E-state index is 0.515. The molecule has 1 fully saturated rings. The molecule has 5 nitrogen and oxygen atoms in total. The Morgan fingerprint density at radius 3 is 2.50 bits per heavy atom. The van der Waals surface area contributed by atoms with Gasteiger partial charge in [0.1, 0.15) is 0 Å². The Bertz CT molecular complexity index is 520. The van der Waals surface area contributed by atoms with Crippen LogP contribution >= 0.6 is 0 Å². The fraction of sp³-hybridized carbons (Fsp3) is 0.632. The molecule has 0 saturated carbocycles. The van der Waals surface area contributed by atoms with Crippen LogP contribution < -0.4 is 10.6 Å². The topological polar surface area (TPSA) is 42.9 Å². The number of aryl methyl sites for hydroxylation is 1. The van der Waals surface area contributed by atoms with E-state index >= 15 is 0 Å². The first-order valence-electron chi connectivity index (χ1n) is 9.09. The minimum atomic E-state index is 0.515. The quantitative estimate of drug-likeness (QED) is 0.615. The van der Waals surface area contributed by atoms with Gasteiger partial charge in [0, 0.05) is 52.4 Å². The zero-order chi connectivity index (χ0) is 17.4. The van der Waals surface area contributed by atoms with Gasteiger partial charge in [-0.3, -0.25) is 9.89 Å². The summed E-state index contributed by atoms with van der Waals surface area (Å²) >= 11 is 0. The monoisotopic (exact) mass is 331 g/mol. The number of nitrogens with zero attached hydrogens (tertiary/aromatic N) is 3. The van der Waals surface area contributed by atoms with E-state index in [1.165, 1.54) is 24.2 Å². The van der Waals surface area contributed by atoms with Gasteiger partial charge in [-0.2, -0.15) is 0 Å². The first-order valence-corrected chi connectivity index (χ1v) is 9.09. The van der Waals surface area contributed by atoms with Gasteiger partial charge in [0.25, 0.3) is 0 Å². The molecule has 0 amide bonds. The number of hydrogen-bond acceptors (Lipinski definition) is 3. The molecule has 1 heterocycles. The second-order valence-corrected chi connectivity index (χ2v) is 6.55. The van der Waals surface area contributed by atoms with Crippen LogP contribution in [-0.4, -0.2) is 68.1 Å². The fourth-order valence-corrected chi connectivity index (χ4v) is 3.10. The van der Waals surface area contributed by atoms with Crippen LogP contribution in [0.15, 0.2) is 29.3 Å². The van der Waals surface area contributed by atoms with Crippen molar-refractivity contribution in [3.05, 3.63) is 35.4 Å². The van der Waals surface area contributed by atoms with Gasteiger partial charge in [0.15, 0.2) is 5.96 Å². The van der Waals surface area contributed by atoms with Crippen molar-refractivity contribution >= 4 is 5.96 Å². The Morgan fingerprint density at radius 2 is 1.88 bits per heavy atom. The third kappa shape index (κ3) is 5.49. The van der Waals surface area contributed by atoms with Crippen LogP contribution in [0.5, 0.6) is 0 Å². The van der Waals surface area contributed by atoms with E-state index in [9.17, 15) is 0 Å². The molecule has 1 aliphatic heterocycles. The third-order valence-electron chi connectivity index (χ3n) is 4.97. The Balaban J connectivity index is 1.74. The van der Waals surface area contributed by atoms with Gasteiger partial charge in [-0.25, -0.2) is 0 Å². The summed E-state index contributed by atoms with van der Waals surface area (Å²) in [6.07, 6.45) is 0. The number of aliphatic imine (C=N–C) groups is 1. The van der Waals surface area contributed by atoms with Crippen molar-refractivity contribution in [1.29, 1.82) is 0 Å². The average molecular weight is 332 g/mol. The molecule has 1 saturated heterocycles. The van der Waals surface area contributed by atoms with Gasteiger partial charge in [0.05, 0.1) is 0 Å². The van der Waals surface area contributed by atoms with Crippen LogP contribution in [0.2, 0.25) is 0 Å². The summed E-state index contributed by atoms with van der Waals surface area (Å²) in [5.74, 6) is 0.872. The molecule has 1 aromatic rings. The van der Waals surface area contributed by atoms with E-state index in [0.29, 0.717) is 6.04 Å². The summed E-state index contributed by atoms with van der Waals surface area (Å²) in [5, 5.41) is 6.88. The van der Waals surface area contributed by atoms with Crippen molar-refractivity contribution < 1.29 is 0 Å². The predicted molar refractivity (Wildman–Crippen MR) is 103 cm³/mol. The molecule has 1 aromatic carbocycles. The number of hydrogen-bond donors (Lipinski definition) is 2. The number of piperazine rings is 1. The van der Waals surface area contributed by atoms with E-state index in [2.05, 4.69) is 70.5 Å². The molecule has 0 aliphatic carbocycles. The van der Waals surface area contributed by atoms with E-state index in [-0.39, 0.29) is 0 Å². The second kappa shape index (κ2) is 9.64. The van der Waals surface area contributed by atoms with Crippen LogP contribution in [0.4, 0.5) is 0 Å². The highest BCUT2D eigenvalue weighted by atomic mass is 15.3. The molecule has 1 atom stereocenters. The first kappa shape index (κ1) is 18.7. The van der Waals surface area contributed by atoms with Gasteiger partial charge < -0.3 is 15.5 Å².